The second-order valence-corrected chi connectivity index (χ2v) is 12.2. The summed E-state index contributed by atoms with van der Waals surface area (Å²) < 4.78 is 133. The van der Waals surface area contributed by atoms with Gasteiger partial charge < -0.3 is 10.1 Å². The first kappa shape index (κ1) is 35.9. The maximum Gasteiger partial charge on any atom is 0.573 e. The molecule has 0 radical (unpaired) electrons. The Morgan fingerprint density at radius 3 is 2.35 bits per heavy atom. The lowest BCUT2D eigenvalue weighted by Crippen LogP contribution is -2.37. The molecule has 2 heterocycles. The van der Waals surface area contributed by atoms with Gasteiger partial charge in [0.1, 0.15) is 11.6 Å². The van der Waals surface area contributed by atoms with Gasteiger partial charge in [-0.3, -0.25) is 9.36 Å². The number of pyridine rings is 1. The topological polar surface area (TPSA) is 67.0 Å². The van der Waals surface area contributed by atoms with Crippen LogP contribution in [0.1, 0.15) is 52.7 Å². The number of nitrogens with one attached hydrogen (secondary N) is 1. The second-order valence-electron chi connectivity index (χ2n) is 11.2. The minimum atomic E-state index is -5.29. The molecule has 5 nitrogen and oxygen atoms in total. The van der Waals surface area contributed by atoms with Gasteiger partial charge in [0, 0.05) is 35.3 Å². The lowest BCUT2D eigenvalue weighted by atomic mass is 9.91. The number of hydrogen-bond donors (Lipinski definition) is 1. The van der Waals surface area contributed by atoms with Crippen molar-refractivity contribution in [3.63, 3.8) is 0 Å². The predicted octanol–water partition coefficient (Wildman–Crippen LogP) is 9.03. The Morgan fingerprint density at radius 1 is 0.980 bits per heavy atom. The number of aromatic nitrogens is 1. The van der Waals surface area contributed by atoms with Crippen molar-refractivity contribution in [1.82, 2.24) is 9.88 Å². The van der Waals surface area contributed by atoms with Gasteiger partial charge in [-0.25, -0.2) is 13.2 Å². The van der Waals surface area contributed by atoms with Crippen molar-refractivity contribution >= 4 is 11.8 Å². The van der Waals surface area contributed by atoms with E-state index in [2.05, 4.69) is 10.1 Å². The summed E-state index contributed by atoms with van der Waals surface area (Å²) in [6.45, 7) is 1.49. The molecule has 5 rings (SSSR count). The number of alkyl halides is 6. The molecule has 0 saturated carbocycles. The van der Waals surface area contributed by atoms with Gasteiger partial charge >= 0.3 is 12.5 Å². The predicted molar refractivity (Wildman–Crippen MR) is 163 cm³/mol. The number of ether oxygens (including phenoxy) is 1. The molecule has 0 fully saturated rings. The average Bonchev–Trinajstić information content (AvgIpc) is 3.46. The van der Waals surface area contributed by atoms with Gasteiger partial charge in [0.25, 0.3) is 5.56 Å². The molecule has 49 heavy (non-hydrogen) atoms. The number of hydrogen-bond acceptors (Lipinski definition) is 5. The van der Waals surface area contributed by atoms with Crippen LogP contribution in [0.4, 0.5) is 39.5 Å². The minimum Gasteiger partial charge on any atom is -0.403 e. The van der Waals surface area contributed by atoms with Crippen LogP contribution in [0.25, 0.3) is 11.1 Å². The zero-order valence-electron chi connectivity index (χ0n) is 25.5. The number of rotatable bonds is 10. The van der Waals surface area contributed by atoms with Crippen LogP contribution >= 0.6 is 11.8 Å². The zero-order valence-corrected chi connectivity index (χ0v) is 26.3. The maximum atomic E-state index is 15.8. The third kappa shape index (κ3) is 7.45. The number of benzene rings is 3. The van der Waals surface area contributed by atoms with Crippen molar-refractivity contribution < 1.29 is 44.3 Å². The molecule has 15 heteroatoms. The third-order valence-corrected chi connectivity index (χ3v) is 9.38. The minimum absolute atomic E-state index is 0.00370. The Bertz CT molecular complexity index is 1970. The van der Waals surface area contributed by atoms with Crippen LogP contribution < -0.4 is 15.6 Å². The summed E-state index contributed by atoms with van der Waals surface area (Å²) in [5.41, 5.74) is -4.06. The second kappa shape index (κ2) is 14.2. The van der Waals surface area contributed by atoms with E-state index < -0.39 is 82.1 Å². The van der Waals surface area contributed by atoms with Crippen molar-refractivity contribution in [2.24, 2.45) is 0 Å². The summed E-state index contributed by atoms with van der Waals surface area (Å²) in [5, 5.41) is 12.3. The molecule has 0 bridgehead atoms. The van der Waals surface area contributed by atoms with Gasteiger partial charge in [0.2, 0.25) is 0 Å². The fourth-order valence-electron chi connectivity index (χ4n) is 5.99. The summed E-state index contributed by atoms with van der Waals surface area (Å²) in [5.74, 6) is -4.60. The lowest BCUT2D eigenvalue weighted by molar-refractivity contribution is -0.275. The number of thioether (sulfide) groups is 1. The number of halogens is 9. The van der Waals surface area contributed by atoms with Crippen LogP contribution in [0.15, 0.2) is 70.5 Å². The van der Waals surface area contributed by atoms with E-state index in [1.807, 2.05) is 6.07 Å². The van der Waals surface area contributed by atoms with E-state index in [1.165, 1.54) is 25.1 Å². The van der Waals surface area contributed by atoms with E-state index in [1.54, 1.807) is 6.07 Å². The highest BCUT2D eigenvalue weighted by Gasteiger charge is 2.40. The van der Waals surface area contributed by atoms with E-state index in [0.717, 1.165) is 40.6 Å². The Morgan fingerprint density at radius 2 is 1.67 bits per heavy atom. The van der Waals surface area contributed by atoms with E-state index in [9.17, 15) is 31.1 Å². The van der Waals surface area contributed by atoms with Crippen molar-refractivity contribution in [3.05, 3.63) is 116 Å². The Kier molecular flexibility index (Phi) is 10.4. The highest BCUT2D eigenvalue weighted by atomic mass is 32.2. The summed E-state index contributed by atoms with van der Waals surface area (Å²) in [4.78, 5) is 14.4. The maximum absolute atomic E-state index is 15.8. The van der Waals surface area contributed by atoms with Crippen LogP contribution in [-0.2, 0) is 12.6 Å². The number of fused-ring (bicyclic) bond motifs is 1. The molecule has 3 aromatic carbocycles. The Hall–Kier alpha value is -4.42. The molecule has 1 aliphatic rings. The lowest BCUT2D eigenvalue weighted by Gasteiger charge is -2.28. The van der Waals surface area contributed by atoms with Crippen LogP contribution in [-0.4, -0.2) is 23.2 Å². The normalized spacial score (nSPS) is 15.2. The number of nitrogens with zero attached hydrogens (tertiary/aromatic N) is 2. The quantitative estimate of drug-likeness (QED) is 0.131. The first-order chi connectivity index (χ1) is 23.1. The summed E-state index contributed by atoms with van der Waals surface area (Å²) in [6, 6.07) is 10.9. The SMILES string of the molecule is Cc1c(Cc2c(F)cccc2C(F)(F)F)c2n(c(=O)c1-c1cccc(OC(F)(F)F)c1F)C(C(NCCCC#N)c1ccccc1F)CS2. The highest BCUT2D eigenvalue weighted by Crippen LogP contribution is 2.46. The molecular weight excluding hydrogens is 685 g/mol. The fourth-order valence-corrected chi connectivity index (χ4v) is 7.42. The highest BCUT2D eigenvalue weighted by molar-refractivity contribution is 7.99. The molecule has 2 unspecified atom stereocenters. The van der Waals surface area contributed by atoms with Gasteiger partial charge in [-0.2, -0.15) is 18.4 Å². The standard InChI is InChI=1S/C34H26F9N3O2S/c1-18-21(16-22-23(33(38,39)40)10-7-12-25(22)36)32-46(31(47)28(18)20-9-6-13-27(29(20)37)48-34(41,42)43)26(17-49-32)30(45-15-5-4-14-44)19-8-2-3-11-24(19)35/h2-3,6-13,26,30,45H,4-5,15-17H2,1H3. The van der Waals surface area contributed by atoms with Gasteiger partial charge in [-0.05, 0) is 55.3 Å². The fraction of sp³-hybridized carbons (Fsp3) is 0.294. The number of unbranched alkanes of at least 4 members (excludes halogenated alkanes) is 1. The van der Waals surface area contributed by atoms with Crippen molar-refractivity contribution in [1.29, 1.82) is 5.26 Å². The Balaban J connectivity index is 1.79. The van der Waals surface area contributed by atoms with Gasteiger partial charge in [0.05, 0.1) is 34.3 Å². The van der Waals surface area contributed by atoms with Crippen molar-refractivity contribution in [3.8, 4) is 22.9 Å². The van der Waals surface area contributed by atoms with E-state index in [0.29, 0.717) is 18.6 Å². The van der Waals surface area contributed by atoms with Crippen LogP contribution in [0.3, 0.4) is 0 Å². The first-order valence-electron chi connectivity index (χ1n) is 14.8. The van der Waals surface area contributed by atoms with Gasteiger partial charge in [0.15, 0.2) is 11.6 Å². The molecule has 1 N–H and O–H groups in total. The van der Waals surface area contributed by atoms with Crippen LogP contribution in [0.2, 0.25) is 0 Å². The van der Waals surface area contributed by atoms with Crippen molar-refractivity contribution in [2.45, 2.75) is 55.8 Å². The molecule has 4 aromatic rings. The van der Waals surface area contributed by atoms with E-state index in [4.69, 9.17) is 5.26 Å². The molecule has 258 valence electrons. The van der Waals surface area contributed by atoms with Crippen molar-refractivity contribution in [2.75, 3.05) is 12.3 Å². The smallest absolute Gasteiger partial charge is 0.403 e. The first-order valence-corrected chi connectivity index (χ1v) is 15.8. The largest absolute Gasteiger partial charge is 0.573 e. The number of nitriles is 1. The molecule has 0 amide bonds. The summed E-state index contributed by atoms with van der Waals surface area (Å²) in [6.07, 6.45) is -10.5. The van der Waals surface area contributed by atoms with Gasteiger partial charge in [-0.1, -0.05) is 36.4 Å². The molecular formula is C34H26F9N3O2S. The molecule has 0 saturated heterocycles. The molecule has 2 atom stereocenters. The molecule has 0 aliphatic carbocycles. The van der Waals surface area contributed by atoms with Gasteiger partial charge in [-0.15, -0.1) is 24.9 Å². The summed E-state index contributed by atoms with van der Waals surface area (Å²) in [7, 11) is 0. The molecule has 1 aromatic heterocycles. The van der Waals surface area contributed by atoms with Crippen LogP contribution in [0.5, 0.6) is 5.75 Å². The summed E-state index contributed by atoms with van der Waals surface area (Å²) >= 11 is 1.04. The third-order valence-electron chi connectivity index (χ3n) is 8.15. The van der Waals surface area contributed by atoms with E-state index in [-0.39, 0.29) is 40.4 Å². The Labute approximate surface area is 278 Å². The molecule has 1 aliphatic heterocycles. The molecule has 0 spiro atoms. The average molecular weight is 712 g/mol. The van der Waals surface area contributed by atoms with Crippen LogP contribution in [0, 0.1) is 35.7 Å². The zero-order chi connectivity index (χ0) is 35.7. The monoisotopic (exact) mass is 711 g/mol. The van der Waals surface area contributed by atoms with E-state index >= 15 is 13.2 Å².